The number of para-hydroxylation sites is 1. The third kappa shape index (κ3) is 3.85. The Balaban J connectivity index is 1.70. The van der Waals surface area contributed by atoms with Crippen molar-refractivity contribution in [1.29, 1.82) is 0 Å². The summed E-state index contributed by atoms with van der Waals surface area (Å²) in [4.78, 5) is 14.2. The molecule has 2 N–H and O–H groups in total. The van der Waals surface area contributed by atoms with Gasteiger partial charge in [0.15, 0.2) is 5.82 Å². The first-order chi connectivity index (χ1) is 12.6. The van der Waals surface area contributed by atoms with Crippen LogP contribution in [0.1, 0.15) is 6.92 Å². The van der Waals surface area contributed by atoms with Crippen molar-refractivity contribution >= 4 is 23.4 Å². The number of nitrogens with two attached hydrogens (primary N) is 1. The van der Waals surface area contributed by atoms with Gasteiger partial charge in [-0.3, -0.25) is 4.79 Å². The van der Waals surface area contributed by atoms with Crippen LogP contribution in [0.15, 0.2) is 59.8 Å². The molecule has 0 aliphatic carbocycles. The van der Waals surface area contributed by atoms with Crippen molar-refractivity contribution in [3.05, 3.63) is 60.4 Å². The van der Waals surface area contributed by atoms with Gasteiger partial charge in [0.1, 0.15) is 5.82 Å². The number of rotatable bonds is 6. The van der Waals surface area contributed by atoms with Gasteiger partial charge in [-0.1, -0.05) is 30.0 Å². The van der Waals surface area contributed by atoms with Gasteiger partial charge < -0.3 is 10.7 Å². The first-order valence-electron chi connectivity index (χ1n) is 8.04. The van der Waals surface area contributed by atoms with Gasteiger partial charge in [-0.25, -0.2) is 9.07 Å². The molecular weight excluding hydrogens is 353 g/mol. The fourth-order valence-electron chi connectivity index (χ4n) is 2.49. The minimum Gasteiger partial charge on any atom is -0.335 e. The second-order valence-corrected chi connectivity index (χ2v) is 6.39. The predicted octanol–water partition coefficient (Wildman–Crippen LogP) is 2.94. The van der Waals surface area contributed by atoms with Crippen molar-refractivity contribution in [3.63, 3.8) is 0 Å². The highest BCUT2D eigenvalue weighted by atomic mass is 32.2. The van der Waals surface area contributed by atoms with Gasteiger partial charge in [-0.05, 0) is 43.3 Å². The molecule has 0 saturated carbocycles. The largest absolute Gasteiger partial charge is 0.335 e. The number of nitrogen functional groups attached to an aromatic ring is 1. The van der Waals surface area contributed by atoms with E-state index < -0.39 is 0 Å². The molecule has 0 aliphatic heterocycles. The van der Waals surface area contributed by atoms with E-state index >= 15 is 0 Å². The van der Waals surface area contributed by atoms with Crippen LogP contribution in [-0.2, 0) is 4.79 Å². The van der Waals surface area contributed by atoms with E-state index in [0.29, 0.717) is 23.1 Å². The predicted molar refractivity (Wildman–Crippen MR) is 101 cm³/mol. The molecular formula is C18H18FN5OS. The van der Waals surface area contributed by atoms with Crippen LogP contribution in [0, 0.1) is 5.82 Å². The number of benzene rings is 2. The Bertz CT molecular complexity index is 882. The molecule has 0 bridgehead atoms. The number of carbonyl (C=O) groups excluding carboxylic acids is 1. The normalized spacial score (nSPS) is 10.7. The molecule has 1 amide bonds. The van der Waals surface area contributed by atoms with Crippen LogP contribution in [-0.4, -0.2) is 33.1 Å². The van der Waals surface area contributed by atoms with E-state index in [0.717, 1.165) is 5.69 Å². The van der Waals surface area contributed by atoms with Gasteiger partial charge >= 0.3 is 0 Å². The molecule has 1 heterocycles. The van der Waals surface area contributed by atoms with Gasteiger partial charge in [-0.2, -0.15) is 0 Å². The summed E-state index contributed by atoms with van der Waals surface area (Å²) in [5, 5.41) is 8.49. The van der Waals surface area contributed by atoms with Gasteiger partial charge in [0.05, 0.1) is 5.75 Å². The smallest absolute Gasteiger partial charge is 0.237 e. The van der Waals surface area contributed by atoms with Crippen LogP contribution in [0.2, 0.25) is 0 Å². The van der Waals surface area contributed by atoms with Crippen molar-refractivity contribution < 1.29 is 9.18 Å². The zero-order valence-corrected chi connectivity index (χ0v) is 15.0. The highest BCUT2D eigenvalue weighted by molar-refractivity contribution is 7.99. The summed E-state index contributed by atoms with van der Waals surface area (Å²) >= 11 is 1.21. The van der Waals surface area contributed by atoms with Gasteiger partial charge in [-0.15, -0.1) is 10.2 Å². The minimum atomic E-state index is -0.336. The van der Waals surface area contributed by atoms with E-state index in [1.807, 2.05) is 37.3 Å². The summed E-state index contributed by atoms with van der Waals surface area (Å²) < 4.78 is 14.4. The Hall–Kier alpha value is -2.87. The number of nitrogens with zero attached hydrogens (tertiary/aromatic N) is 4. The molecule has 3 aromatic rings. The lowest BCUT2D eigenvalue weighted by atomic mass is 10.2. The number of amides is 1. The van der Waals surface area contributed by atoms with Crippen LogP contribution in [0.25, 0.3) is 11.4 Å². The van der Waals surface area contributed by atoms with Crippen LogP contribution < -0.4 is 10.7 Å². The molecule has 0 unspecified atom stereocenters. The monoisotopic (exact) mass is 371 g/mol. The maximum Gasteiger partial charge on any atom is 0.237 e. The first kappa shape index (κ1) is 17.9. The van der Waals surface area contributed by atoms with E-state index in [-0.39, 0.29) is 17.5 Å². The number of carbonyl (C=O) groups is 1. The Labute approximate surface area is 154 Å². The Morgan fingerprint density at radius 3 is 2.50 bits per heavy atom. The second kappa shape index (κ2) is 8.01. The number of thioether (sulfide) groups is 1. The van der Waals surface area contributed by atoms with E-state index in [2.05, 4.69) is 10.2 Å². The van der Waals surface area contributed by atoms with E-state index in [9.17, 15) is 9.18 Å². The Kier molecular flexibility index (Phi) is 5.52. The maximum atomic E-state index is 13.0. The lowest BCUT2D eigenvalue weighted by molar-refractivity contribution is -0.116. The fourth-order valence-corrected chi connectivity index (χ4v) is 3.22. The highest BCUT2D eigenvalue weighted by Gasteiger charge is 2.17. The molecule has 134 valence electrons. The summed E-state index contributed by atoms with van der Waals surface area (Å²) in [6.07, 6.45) is 0. The van der Waals surface area contributed by atoms with Crippen molar-refractivity contribution in [2.45, 2.75) is 12.1 Å². The summed E-state index contributed by atoms with van der Waals surface area (Å²) in [5.74, 6) is 6.24. The zero-order chi connectivity index (χ0) is 18.5. The minimum absolute atomic E-state index is 0.0463. The average molecular weight is 371 g/mol. The molecule has 6 nitrogen and oxygen atoms in total. The van der Waals surface area contributed by atoms with Crippen LogP contribution in [0.5, 0.6) is 0 Å². The summed E-state index contributed by atoms with van der Waals surface area (Å²) in [6, 6.07) is 15.3. The van der Waals surface area contributed by atoms with E-state index in [1.54, 1.807) is 17.0 Å². The molecule has 2 aromatic carbocycles. The molecule has 0 aliphatic rings. The van der Waals surface area contributed by atoms with Crippen molar-refractivity contribution in [2.75, 3.05) is 23.0 Å². The molecule has 26 heavy (non-hydrogen) atoms. The Morgan fingerprint density at radius 2 is 1.85 bits per heavy atom. The number of anilines is 1. The van der Waals surface area contributed by atoms with Crippen molar-refractivity contribution in [1.82, 2.24) is 14.9 Å². The van der Waals surface area contributed by atoms with Crippen molar-refractivity contribution in [3.8, 4) is 11.4 Å². The first-order valence-corrected chi connectivity index (χ1v) is 9.03. The van der Waals surface area contributed by atoms with Gasteiger partial charge in [0.25, 0.3) is 0 Å². The number of aromatic nitrogens is 3. The number of hydrogen-bond acceptors (Lipinski definition) is 5. The standard InChI is InChI=1S/C18H18FN5OS/c1-2-23(15-6-4-3-5-7-15)16(25)12-26-18-22-21-17(24(18)20)13-8-10-14(19)11-9-13/h3-11H,2,12,20H2,1H3. The molecule has 8 heteroatoms. The quantitative estimate of drug-likeness (QED) is 0.532. The Morgan fingerprint density at radius 1 is 1.15 bits per heavy atom. The lowest BCUT2D eigenvalue weighted by Gasteiger charge is -2.20. The van der Waals surface area contributed by atoms with Crippen LogP contribution >= 0.6 is 11.8 Å². The van der Waals surface area contributed by atoms with E-state index in [4.69, 9.17) is 5.84 Å². The summed E-state index contributed by atoms with van der Waals surface area (Å²) in [5.41, 5.74) is 1.50. The fraction of sp³-hybridized carbons (Fsp3) is 0.167. The molecule has 0 atom stereocenters. The molecule has 1 aromatic heterocycles. The van der Waals surface area contributed by atoms with Crippen LogP contribution in [0.3, 0.4) is 0 Å². The van der Waals surface area contributed by atoms with Crippen molar-refractivity contribution in [2.24, 2.45) is 0 Å². The second-order valence-electron chi connectivity index (χ2n) is 5.45. The number of hydrogen-bond donors (Lipinski definition) is 1. The molecule has 0 spiro atoms. The third-order valence-corrected chi connectivity index (χ3v) is 4.70. The van der Waals surface area contributed by atoms with Crippen LogP contribution in [0.4, 0.5) is 10.1 Å². The van der Waals surface area contributed by atoms with Gasteiger partial charge in [0.2, 0.25) is 11.1 Å². The SMILES string of the molecule is CCN(C(=O)CSc1nnc(-c2ccc(F)cc2)n1N)c1ccccc1. The van der Waals surface area contributed by atoms with E-state index in [1.165, 1.54) is 28.6 Å². The third-order valence-electron chi connectivity index (χ3n) is 3.78. The lowest BCUT2D eigenvalue weighted by Crippen LogP contribution is -2.32. The molecule has 0 radical (unpaired) electrons. The van der Waals surface area contributed by atoms with Gasteiger partial charge in [0, 0.05) is 17.8 Å². The molecule has 0 fully saturated rings. The maximum absolute atomic E-state index is 13.0. The summed E-state index contributed by atoms with van der Waals surface area (Å²) in [7, 11) is 0. The zero-order valence-electron chi connectivity index (χ0n) is 14.2. The number of halogens is 1. The molecule has 0 saturated heterocycles. The molecule has 3 rings (SSSR count). The summed E-state index contributed by atoms with van der Waals surface area (Å²) in [6.45, 7) is 2.49. The highest BCUT2D eigenvalue weighted by Crippen LogP contribution is 2.23. The average Bonchev–Trinajstić information content (AvgIpc) is 3.03. The topological polar surface area (TPSA) is 77.0 Å².